The van der Waals surface area contributed by atoms with Crippen LogP contribution in [0.4, 0.5) is 17.6 Å². The fraction of sp³-hybridized carbons (Fsp3) is 0.300. The zero-order chi connectivity index (χ0) is 22.6. The lowest BCUT2D eigenvalue weighted by molar-refractivity contribution is -0.137. The zero-order valence-corrected chi connectivity index (χ0v) is 16.7. The first-order valence-corrected chi connectivity index (χ1v) is 9.34. The Balaban J connectivity index is 1.74. The molecular formula is C20H19F4N5O2. The summed E-state index contributed by atoms with van der Waals surface area (Å²) in [6, 6.07) is 5.21. The van der Waals surface area contributed by atoms with Crippen LogP contribution in [-0.4, -0.2) is 50.0 Å². The van der Waals surface area contributed by atoms with Gasteiger partial charge < -0.3 is 9.64 Å². The molecular weight excluding hydrogens is 418 g/mol. The van der Waals surface area contributed by atoms with Crippen molar-refractivity contribution in [1.29, 1.82) is 0 Å². The van der Waals surface area contributed by atoms with Crippen LogP contribution >= 0.6 is 0 Å². The Hall–Kier alpha value is -3.50. The first-order valence-electron chi connectivity index (χ1n) is 9.34. The summed E-state index contributed by atoms with van der Waals surface area (Å²) in [4.78, 5) is 19.5. The lowest BCUT2D eigenvalue weighted by Gasteiger charge is -2.28. The van der Waals surface area contributed by atoms with Crippen molar-refractivity contribution in [2.45, 2.75) is 26.1 Å². The molecule has 1 atom stereocenters. The van der Waals surface area contributed by atoms with E-state index in [1.165, 1.54) is 34.2 Å². The highest BCUT2D eigenvalue weighted by molar-refractivity contribution is 5.97. The molecule has 0 radical (unpaired) electrons. The minimum absolute atomic E-state index is 0.00413. The molecule has 3 rings (SSSR count). The van der Waals surface area contributed by atoms with Crippen LogP contribution in [0.2, 0.25) is 0 Å². The molecule has 1 amide bonds. The van der Waals surface area contributed by atoms with E-state index in [9.17, 15) is 22.4 Å². The molecule has 31 heavy (non-hydrogen) atoms. The number of aromatic nitrogens is 4. The molecule has 0 saturated carbocycles. The largest absolute Gasteiger partial charge is 0.475 e. The molecule has 0 aliphatic carbocycles. The molecule has 0 N–H and O–H groups in total. The van der Waals surface area contributed by atoms with Crippen molar-refractivity contribution in [1.82, 2.24) is 24.9 Å². The fourth-order valence-electron chi connectivity index (χ4n) is 2.93. The number of amides is 1. The molecule has 0 spiro atoms. The molecule has 0 fully saturated rings. The molecule has 2 heterocycles. The van der Waals surface area contributed by atoms with E-state index in [-0.39, 0.29) is 24.6 Å². The quantitative estimate of drug-likeness (QED) is 0.527. The lowest BCUT2D eigenvalue weighted by atomic mass is 10.1. The van der Waals surface area contributed by atoms with Gasteiger partial charge in [-0.15, -0.1) is 0 Å². The third-order valence-electron chi connectivity index (χ3n) is 4.49. The maximum atomic E-state index is 13.9. The molecule has 164 valence electrons. The molecule has 0 aliphatic rings. The second kappa shape index (κ2) is 9.11. The van der Waals surface area contributed by atoms with Crippen LogP contribution < -0.4 is 4.74 Å². The minimum Gasteiger partial charge on any atom is -0.475 e. The lowest BCUT2D eigenvalue weighted by Crippen LogP contribution is -2.42. The number of hydrogen-bond donors (Lipinski definition) is 0. The molecule has 0 bridgehead atoms. The number of likely N-dealkylation sites (N-methyl/N-ethyl adjacent to an activating group) is 1. The van der Waals surface area contributed by atoms with Crippen molar-refractivity contribution >= 4 is 5.91 Å². The highest BCUT2D eigenvalue weighted by Crippen LogP contribution is 2.29. The van der Waals surface area contributed by atoms with Crippen molar-refractivity contribution in [3.63, 3.8) is 0 Å². The Morgan fingerprint density at radius 3 is 2.48 bits per heavy atom. The summed E-state index contributed by atoms with van der Waals surface area (Å²) in [6.07, 6.45) is -0.944. The predicted molar refractivity (Wildman–Crippen MR) is 102 cm³/mol. The van der Waals surface area contributed by atoms with E-state index in [2.05, 4.69) is 15.2 Å². The second-order valence-electron chi connectivity index (χ2n) is 6.61. The molecule has 0 aliphatic heterocycles. The highest BCUT2D eigenvalue weighted by atomic mass is 19.4. The maximum absolute atomic E-state index is 13.9. The van der Waals surface area contributed by atoms with Gasteiger partial charge >= 0.3 is 6.18 Å². The number of nitrogens with zero attached hydrogens (tertiary/aromatic N) is 5. The number of rotatable bonds is 7. The Labute approximate surface area is 175 Å². The summed E-state index contributed by atoms with van der Waals surface area (Å²) in [5.74, 6) is -1.06. The van der Waals surface area contributed by atoms with Gasteiger partial charge in [0.15, 0.2) is 0 Å². The van der Waals surface area contributed by atoms with Gasteiger partial charge in [0.1, 0.15) is 12.4 Å². The Bertz CT molecular complexity index is 1020. The first kappa shape index (κ1) is 22.2. The van der Waals surface area contributed by atoms with Crippen molar-refractivity contribution in [2.24, 2.45) is 0 Å². The summed E-state index contributed by atoms with van der Waals surface area (Å²) in [7, 11) is 0. The molecule has 11 heteroatoms. The average Bonchev–Trinajstić information content (AvgIpc) is 3.27. The van der Waals surface area contributed by atoms with Gasteiger partial charge in [-0.3, -0.25) is 4.79 Å². The minimum atomic E-state index is -4.49. The van der Waals surface area contributed by atoms with Gasteiger partial charge in [0.25, 0.3) is 5.91 Å². The van der Waals surface area contributed by atoms with Crippen molar-refractivity contribution in [2.75, 3.05) is 13.2 Å². The van der Waals surface area contributed by atoms with Gasteiger partial charge in [-0.2, -0.15) is 28.2 Å². The Morgan fingerprint density at radius 1 is 1.19 bits per heavy atom. The molecule has 0 unspecified atom stereocenters. The highest BCUT2D eigenvalue weighted by Gasteiger charge is 2.31. The van der Waals surface area contributed by atoms with Crippen molar-refractivity contribution in [3.8, 4) is 11.6 Å². The Kier molecular flexibility index (Phi) is 6.52. The number of halogens is 4. The number of carbonyl (C=O) groups excluding carboxylic acids is 1. The second-order valence-corrected chi connectivity index (χ2v) is 6.61. The van der Waals surface area contributed by atoms with Gasteiger partial charge in [0, 0.05) is 18.8 Å². The Morgan fingerprint density at radius 2 is 1.90 bits per heavy atom. The number of hydrogen-bond acceptors (Lipinski definition) is 5. The third kappa shape index (κ3) is 5.16. The van der Waals surface area contributed by atoms with E-state index in [1.807, 2.05) is 0 Å². The van der Waals surface area contributed by atoms with Crippen LogP contribution in [0.15, 0.2) is 48.9 Å². The van der Waals surface area contributed by atoms with Gasteiger partial charge in [0.2, 0.25) is 5.88 Å². The zero-order valence-electron chi connectivity index (χ0n) is 16.7. The summed E-state index contributed by atoms with van der Waals surface area (Å²) >= 11 is 0. The van der Waals surface area contributed by atoms with Crippen LogP contribution in [0.25, 0.3) is 5.69 Å². The summed E-state index contributed by atoms with van der Waals surface area (Å²) < 4.78 is 57.2. The molecule has 1 aromatic carbocycles. The molecule has 2 aromatic heterocycles. The van der Waals surface area contributed by atoms with Gasteiger partial charge in [-0.05, 0) is 38.1 Å². The van der Waals surface area contributed by atoms with Gasteiger partial charge in [-0.25, -0.2) is 9.37 Å². The van der Waals surface area contributed by atoms with Crippen molar-refractivity contribution in [3.05, 3.63) is 65.9 Å². The summed E-state index contributed by atoms with van der Waals surface area (Å²) in [5, 5.41) is 7.98. The van der Waals surface area contributed by atoms with E-state index < -0.39 is 29.5 Å². The van der Waals surface area contributed by atoms with E-state index in [4.69, 9.17) is 4.74 Å². The predicted octanol–water partition coefficient (Wildman–Crippen LogP) is 3.75. The van der Waals surface area contributed by atoms with E-state index in [1.54, 1.807) is 13.8 Å². The van der Waals surface area contributed by atoms with E-state index in [0.717, 1.165) is 18.2 Å². The number of alkyl halides is 3. The monoisotopic (exact) mass is 437 g/mol. The van der Waals surface area contributed by atoms with E-state index >= 15 is 0 Å². The van der Waals surface area contributed by atoms with Crippen molar-refractivity contribution < 1.29 is 27.1 Å². The van der Waals surface area contributed by atoms with Crippen LogP contribution in [-0.2, 0) is 6.18 Å². The van der Waals surface area contributed by atoms with Crippen LogP contribution in [0.5, 0.6) is 5.88 Å². The number of pyridine rings is 1. The molecule has 7 nitrogen and oxygen atoms in total. The molecule has 0 saturated heterocycles. The maximum Gasteiger partial charge on any atom is 0.417 e. The average molecular weight is 437 g/mol. The number of ether oxygens (including phenoxy) is 1. The van der Waals surface area contributed by atoms with E-state index in [0.29, 0.717) is 11.9 Å². The van der Waals surface area contributed by atoms with Crippen LogP contribution in [0.1, 0.15) is 29.8 Å². The SMILES string of the molecule is CCN(C(=O)c1cc(F)ccc1-n1nccn1)[C@@H](C)COc1ccc(C(F)(F)F)cn1. The number of benzene rings is 1. The van der Waals surface area contributed by atoms with Gasteiger partial charge in [-0.1, -0.05) is 0 Å². The fourth-order valence-corrected chi connectivity index (χ4v) is 2.93. The topological polar surface area (TPSA) is 73.1 Å². The standard InChI is InChI=1S/C20H19F4N5O2/c1-3-28(13(2)12-31-18-7-4-14(11-25-18)20(22,23)24)19(30)16-10-15(21)5-6-17(16)29-26-8-9-27-29/h4-11,13H,3,12H2,1-2H3/t13-/m0/s1. The van der Waals surface area contributed by atoms with Crippen LogP contribution in [0, 0.1) is 5.82 Å². The molecule has 3 aromatic rings. The summed E-state index contributed by atoms with van der Waals surface area (Å²) in [5.41, 5.74) is -0.506. The van der Waals surface area contributed by atoms with Crippen LogP contribution in [0.3, 0.4) is 0 Å². The first-order chi connectivity index (χ1) is 14.7. The smallest absolute Gasteiger partial charge is 0.417 e. The normalized spacial score (nSPS) is 12.5. The third-order valence-corrected chi connectivity index (χ3v) is 4.49. The summed E-state index contributed by atoms with van der Waals surface area (Å²) in [6.45, 7) is 3.71. The number of carbonyl (C=O) groups is 1. The van der Waals surface area contributed by atoms with Gasteiger partial charge in [0.05, 0.1) is 35.2 Å².